The van der Waals surface area contributed by atoms with Crippen molar-refractivity contribution < 1.29 is 14.7 Å². The average Bonchev–Trinajstić information content (AvgIpc) is 3.41. The van der Waals surface area contributed by atoms with Crippen LogP contribution in [0.2, 0.25) is 10.0 Å². The van der Waals surface area contributed by atoms with Gasteiger partial charge in [0, 0.05) is 17.5 Å². The number of nitrogens with zero attached hydrogens (tertiary/aromatic N) is 2. The van der Waals surface area contributed by atoms with Gasteiger partial charge in [0.25, 0.3) is 5.91 Å². The standard InChI is InChI=1S/C26H29Cl2N3O3/c1-15(2)16-6-8-17(9-7-16)24-14-22(30-31(24)23-11-10-19(27)13-20(23)28)26(34)29-21-5-3-4-18(21)12-25(32)33/h6-11,13,15,18,21,24H,3-5,12,14H2,1-2H3,(H,29,34)(H,32,33). The van der Waals surface area contributed by atoms with Crippen LogP contribution in [0.5, 0.6) is 0 Å². The summed E-state index contributed by atoms with van der Waals surface area (Å²) < 4.78 is 0. The number of carboxylic acids is 1. The van der Waals surface area contributed by atoms with Crippen LogP contribution in [-0.4, -0.2) is 28.7 Å². The Bertz CT molecular complexity index is 1100. The lowest BCUT2D eigenvalue weighted by atomic mass is 9.96. The van der Waals surface area contributed by atoms with E-state index in [2.05, 4.69) is 48.5 Å². The SMILES string of the molecule is CC(C)c1ccc(C2CC(C(=O)NC3CCCC3CC(=O)O)=NN2c2ccc(Cl)cc2Cl)cc1. The molecule has 1 heterocycles. The van der Waals surface area contributed by atoms with Crippen molar-refractivity contribution >= 4 is 46.5 Å². The van der Waals surface area contributed by atoms with Crippen molar-refractivity contribution in [3.05, 3.63) is 63.6 Å². The first-order valence-corrected chi connectivity index (χ1v) is 12.4. The predicted molar refractivity (Wildman–Crippen MR) is 136 cm³/mol. The molecular formula is C26H29Cl2N3O3. The Kier molecular flexibility index (Phi) is 7.48. The summed E-state index contributed by atoms with van der Waals surface area (Å²) in [6, 6.07) is 13.3. The van der Waals surface area contributed by atoms with E-state index in [1.54, 1.807) is 17.1 Å². The van der Waals surface area contributed by atoms with Gasteiger partial charge in [-0.25, -0.2) is 0 Å². The van der Waals surface area contributed by atoms with Crippen LogP contribution in [0, 0.1) is 5.92 Å². The highest BCUT2D eigenvalue weighted by atomic mass is 35.5. The van der Waals surface area contributed by atoms with Crippen molar-refractivity contribution in [2.45, 2.75) is 64.0 Å². The maximum atomic E-state index is 13.2. The van der Waals surface area contributed by atoms with Gasteiger partial charge < -0.3 is 10.4 Å². The number of carbonyl (C=O) groups is 2. The number of halogens is 2. The Morgan fingerprint density at radius 3 is 2.53 bits per heavy atom. The number of hydrogen-bond donors (Lipinski definition) is 2. The number of carboxylic acid groups (broad SMARTS) is 1. The molecule has 1 aliphatic carbocycles. The summed E-state index contributed by atoms with van der Waals surface area (Å²) in [7, 11) is 0. The maximum Gasteiger partial charge on any atom is 0.303 e. The van der Waals surface area contributed by atoms with Gasteiger partial charge in [0.2, 0.25) is 0 Å². The van der Waals surface area contributed by atoms with Gasteiger partial charge in [0.05, 0.1) is 23.2 Å². The third-order valence-electron chi connectivity index (χ3n) is 6.73. The molecule has 2 aromatic carbocycles. The normalized spacial score (nSPS) is 22.2. The Balaban J connectivity index is 1.60. The summed E-state index contributed by atoms with van der Waals surface area (Å²) in [6.45, 7) is 4.30. The van der Waals surface area contributed by atoms with Gasteiger partial charge in [-0.3, -0.25) is 14.6 Å². The number of benzene rings is 2. The van der Waals surface area contributed by atoms with Gasteiger partial charge in [0.1, 0.15) is 5.71 Å². The minimum atomic E-state index is -0.835. The molecule has 0 aromatic heterocycles. The molecule has 3 atom stereocenters. The number of aliphatic carboxylic acids is 1. The van der Waals surface area contributed by atoms with Gasteiger partial charge in [0.15, 0.2) is 0 Å². The number of hydrogen-bond acceptors (Lipinski definition) is 4. The maximum absolute atomic E-state index is 13.2. The van der Waals surface area contributed by atoms with Gasteiger partial charge in [-0.1, -0.05) is 67.7 Å². The van der Waals surface area contributed by atoms with Crippen molar-refractivity contribution in [2.75, 3.05) is 5.01 Å². The van der Waals surface area contributed by atoms with Crippen LogP contribution < -0.4 is 10.3 Å². The molecule has 1 amide bonds. The second-order valence-electron chi connectivity index (χ2n) is 9.40. The lowest BCUT2D eigenvalue weighted by Crippen LogP contribution is -2.41. The molecule has 3 unspecified atom stereocenters. The summed E-state index contributed by atoms with van der Waals surface area (Å²) >= 11 is 12.6. The summed E-state index contributed by atoms with van der Waals surface area (Å²) in [6.07, 6.45) is 2.98. The fraction of sp³-hybridized carbons (Fsp3) is 0.423. The molecule has 8 heteroatoms. The van der Waals surface area contributed by atoms with Crippen LogP contribution in [0.3, 0.4) is 0 Å². The molecule has 180 valence electrons. The van der Waals surface area contributed by atoms with Gasteiger partial charge in [-0.2, -0.15) is 5.10 Å². The number of carbonyl (C=O) groups excluding carboxylic acids is 1. The lowest BCUT2D eigenvalue weighted by Gasteiger charge is -2.25. The molecule has 1 fully saturated rings. The summed E-state index contributed by atoms with van der Waals surface area (Å²) in [5, 5.41) is 19.7. The molecule has 6 nitrogen and oxygen atoms in total. The Labute approximate surface area is 209 Å². The largest absolute Gasteiger partial charge is 0.481 e. The minimum absolute atomic E-state index is 0.0513. The van der Waals surface area contributed by atoms with E-state index < -0.39 is 5.97 Å². The van der Waals surface area contributed by atoms with Crippen molar-refractivity contribution in [3.63, 3.8) is 0 Å². The summed E-state index contributed by atoms with van der Waals surface area (Å²) in [5.74, 6) is -0.719. The minimum Gasteiger partial charge on any atom is -0.481 e. The summed E-state index contributed by atoms with van der Waals surface area (Å²) in [5.41, 5.74) is 3.36. The smallest absolute Gasteiger partial charge is 0.303 e. The highest BCUT2D eigenvalue weighted by molar-refractivity contribution is 6.40. The van der Waals surface area contributed by atoms with Crippen molar-refractivity contribution in [1.82, 2.24) is 5.32 Å². The first-order valence-electron chi connectivity index (χ1n) is 11.7. The first kappa shape index (κ1) is 24.6. The van der Waals surface area contributed by atoms with E-state index in [0.717, 1.165) is 24.8 Å². The molecular weight excluding hydrogens is 473 g/mol. The van der Waals surface area contributed by atoms with Crippen molar-refractivity contribution in [2.24, 2.45) is 11.0 Å². The van der Waals surface area contributed by atoms with Gasteiger partial charge in [-0.15, -0.1) is 0 Å². The molecule has 2 N–H and O–H groups in total. The van der Waals surface area contributed by atoms with Crippen LogP contribution in [0.25, 0.3) is 0 Å². The zero-order chi connectivity index (χ0) is 24.4. The molecule has 2 aliphatic rings. The fourth-order valence-corrected chi connectivity index (χ4v) is 5.34. The molecule has 34 heavy (non-hydrogen) atoms. The van der Waals surface area contributed by atoms with E-state index in [1.165, 1.54) is 5.56 Å². The van der Waals surface area contributed by atoms with E-state index >= 15 is 0 Å². The van der Waals surface area contributed by atoms with Crippen molar-refractivity contribution in [1.29, 1.82) is 0 Å². The number of nitrogens with one attached hydrogen (secondary N) is 1. The third-order valence-corrected chi connectivity index (χ3v) is 7.27. The lowest BCUT2D eigenvalue weighted by molar-refractivity contribution is -0.138. The van der Waals surface area contributed by atoms with Crippen LogP contribution in [0.1, 0.15) is 69.0 Å². The quantitative estimate of drug-likeness (QED) is 0.474. The number of anilines is 1. The first-order chi connectivity index (χ1) is 16.2. The topological polar surface area (TPSA) is 82.0 Å². The zero-order valence-corrected chi connectivity index (χ0v) is 20.8. The zero-order valence-electron chi connectivity index (χ0n) is 19.3. The highest BCUT2D eigenvalue weighted by Gasteiger charge is 2.36. The number of hydrazone groups is 1. The molecule has 2 aromatic rings. The molecule has 0 bridgehead atoms. The van der Waals surface area contributed by atoms with Crippen LogP contribution >= 0.6 is 23.2 Å². The van der Waals surface area contributed by atoms with Crippen molar-refractivity contribution in [3.8, 4) is 0 Å². The Morgan fingerprint density at radius 1 is 1.15 bits per heavy atom. The number of rotatable bonds is 7. The number of amides is 1. The molecule has 4 rings (SSSR count). The second kappa shape index (κ2) is 10.4. The Hall–Kier alpha value is -2.57. The van der Waals surface area contributed by atoms with E-state index in [4.69, 9.17) is 23.2 Å². The molecule has 0 saturated heterocycles. The van der Waals surface area contributed by atoms with E-state index in [-0.39, 0.29) is 30.3 Å². The average molecular weight is 502 g/mol. The van der Waals surface area contributed by atoms with Gasteiger partial charge in [-0.05, 0) is 54.0 Å². The third kappa shape index (κ3) is 5.39. The van der Waals surface area contributed by atoms with Crippen LogP contribution in [0.4, 0.5) is 5.69 Å². The molecule has 1 aliphatic heterocycles. The monoisotopic (exact) mass is 501 g/mol. The fourth-order valence-electron chi connectivity index (χ4n) is 4.85. The predicted octanol–water partition coefficient (Wildman–Crippen LogP) is 6.18. The molecule has 0 radical (unpaired) electrons. The van der Waals surface area contributed by atoms with Crippen LogP contribution in [0.15, 0.2) is 47.6 Å². The Morgan fingerprint density at radius 2 is 1.88 bits per heavy atom. The van der Waals surface area contributed by atoms with E-state index in [1.807, 2.05) is 6.07 Å². The summed E-state index contributed by atoms with van der Waals surface area (Å²) in [4.78, 5) is 24.4. The highest BCUT2D eigenvalue weighted by Crippen LogP contribution is 2.40. The molecule has 0 spiro atoms. The second-order valence-corrected chi connectivity index (χ2v) is 10.2. The van der Waals surface area contributed by atoms with Crippen LogP contribution in [-0.2, 0) is 9.59 Å². The van der Waals surface area contributed by atoms with E-state index in [9.17, 15) is 14.7 Å². The molecule has 1 saturated carbocycles. The van der Waals surface area contributed by atoms with E-state index in [0.29, 0.717) is 33.8 Å². The van der Waals surface area contributed by atoms with Gasteiger partial charge >= 0.3 is 5.97 Å².